The summed E-state index contributed by atoms with van der Waals surface area (Å²) in [4.78, 5) is 11.7. The van der Waals surface area contributed by atoms with E-state index in [-0.39, 0.29) is 5.91 Å². The molecule has 1 aromatic carbocycles. The van der Waals surface area contributed by atoms with Gasteiger partial charge in [-0.25, -0.2) is 0 Å². The molecule has 94 valence electrons. The lowest BCUT2D eigenvalue weighted by Gasteiger charge is -2.11. The van der Waals surface area contributed by atoms with Crippen molar-refractivity contribution in [3.8, 4) is 0 Å². The first-order chi connectivity index (χ1) is 8.11. The van der Waals surface area contributed by atoms with Crippen molar-refractivity contribution < 1.29 is 4.79 Å². The Morgan fingerprint density at radius 3 is 2.59 bits per heavy atom. The van der Waals surface area contributed by atoms with Crippen LogP contribution >= 0.6 is 15.9 Å². The van der Waals surface area contributed by atoms with Crippen molar-refractivity contribution in [2.45, 2.75) is 26.7 Å². The molecule has 0 aliphatic heterocycles. The van der Waals surface area contributed by atoms with Gasteiger partial charge in [0.1, 0.15) is 0 Å². The molecule has 0 bridgehead atoms. The second-order valence-electron chi connectivity index (χ2n) is 4.55. The van der Waals surface area contributed by atoms with E-state index in [1.807, 2.05) is 31.2 Å². The number of carbonyl (C=O) groups is 1. The number of amides is 1. The predicted octanol–water partition coefficient (Wildman–Crippen LogP) is 3.07. The fourth-order valence-corrected chi connectivity index (χ4v) is 2.31. The van der Waals surface area contributed by atoms with E-state index >= 15 is 0 Å². The molecule has 1 N–H and O–H groups in total. The number of alkyl halides is 1. The van der Waals surface area contributed by atoms with E-state index in [0.29, 0.717) is 12.3 Å². The van der Waals surface area contributed by atoms with Crippen LogP contribution < -0.4 is 5.32 Å². The maximum absolute atomic E-state index is 11.7. The number of rotatable bonds is 6. The number of halogens is 1. The lowest BCUT2D eigenvalue weighted by atomic mass is 10.1. The minimum atomic E-state index is 0.107. The van der Waals surface area contributed by atoms with Gasteiger partial charge in [-0.1, -0.05) is 52.7 Å². The van der Waals surface area contributed by atoms with E-state index in [0.717, 1.165) is 23.9 Å². The lowest BCUT2D eigenvalue weighted by Crippen LogP contribution is -2.29. The van der Waals surface area contributed by atoms with Gasteiger partial charge in [0.2, 0.25) is 5.91 Å². The standard InChI is InChI=1S/C14H20BrNO/c1-11-3-5-13(6-4-11)9-14(17)16-10-12(2)7-8-15/h3-6,12H,7-10H2,1-2H3,(H,16,17). The Labute approximate surface area is 112 Å². The molecule has 0 radical (unpaired) electrons. The Bertz CT molecular complexity index is 348. The Morgan fingerprint density at radius 1 is 1.35 bits per heavy atom. The summed E-state index contributed by atoms with van der Waals surface area (Å²) in [5, 5.41) is 3.96. The van der Waals surface area contributed by atoms with Gasteiger partial charge in [0.05, 0.1) is 6.42 Å². The monoisotopic (exact) mass is 297 g/mol. The number of benzene rings is 1. The Kier molecular flexibility index (Phi) is 6.27. The van der Waals surface area contributed by atoms with E-state index in [1.54, 1.807) is 0 Å². The van der Waals surface area contributed by atoms with Gasteiger partial charge in [-0.2, -0.15) is 0 Å². The molecule has 0 aliphatic carbocycles. The van der Waals surface area contributed by atoms with Crippen LogP contribution in [0.2, 0.25) is 0 Å². The third-order valence-electron chi connectivity index (χ3n) is 2.73. The highest BCUT2D eigenvalue weighted by Gasteiger charge is 2.05. The summed E-state index contributed by atoms with van der Waals surface area (Å²) in [7, 11) is 0. The SMILES string of the molecule is Cc1ccc(CC(=O)NCC(C)CCBr)cc1. The summed E-state index contributed by atoms with van der Waals surface area (Å²) in [6, 6.07) is 8.10. The van der Waals surface area contributed by atoms with Crippen molar-refractivity contribution in [1.29, 1.82) is 0 Å². The first-order valence-corrected chi connectivity index (χ1v) is 7.12. The molecule has 17 heavy (non-hydrogen) atoms. The average Bonchev–Trinajstić information content (AvgIpc) is 2.30. The van der Waals surface area contributed by atoms with Gasteiger partial charge >= 0.3 is 0 Å². The smallest absolute Gasteiger partial charge is 0.224 e. The van der Waals surface area contributed by atoms with Crippen LogP contribution in [-0.2, 0) is 11.2 Å². The Balaban J connectivity index is 2.32. The van der Waals surface area contributed by atoms with E-state index in [9.17, 15) is 4.79 Å². The zero-order valence-corrected chi connectivity index (χ0v) is 12.1. The van der Waals surface area contributed by atoms with Crippen molar-refractivity contribution >= 4 is 21.8 Å². The van der Waals surface area contributed by atoms with Crippen LogP contribution in [-0.4, -0.2) is 17.8 Å². The van der Waals surface area contributed by atoms with Crippen LogP contribution in [0.3, 0.4) is 0 Å². The Hall–Kier alpha value is -0.830. The van der Waals surface area contributed by atoms with Crippen LogP contribution in [0.25, 0.3) is 0 Å². The fraction of sp³-hybridized carbons (Fsp3) is 0.500. The zero-order chi connectivity index (χ0) is 12.7. The third kappa shape index (κ3) is 5.87. The second-order valence-corrected chi connectivity index (χ2v) is 5.34. The molecule has 0 aliphatic rings. The quantitative estimate of drug-likeness (QED) is 0.803. The highest BCUT2D eigenvalue weighted by Crippen LogP contribution is 2.05. The molecule has 1 atom stereocenters. The van der Waals surface area contributed by atoms with Crippen LogP contribution in [0.5, 0.6) is 0 Å². The first-order valence-electron chi connectivity index (χ1n) is 6.00. The van der Waals surface area contributed by atoms with E-state index in [2.05, 4.69) is 28.2 Å². The molecular weight excluding hydrogens is 278 g/mol. The van der Waals surface area contributed by atoms with Crippen molar-refractivity contribution in [3.05, 3.63) is 35.4 Å². The van der Waals surface area contributed by atoms with E-state index < -0.39 is 0 Å². The number of hydrogen-bond acceptors (Lipinski definition) is 1. The number of aryl methyl sites for hydroxylation is 1. The first kappa shape index (κ1) is 14.2. The Morgan fingerprint density at radius 2 is 2.00 bits per heavy atom. The molecule has 3 heteroatoms. The van der Waals surface area contributed by atoms with Gasteiger partial charge in [0.15, 0.2) is 0 Å². The molecule has 2 nitrogen and oxygen atoms in total. The molecule has 1 rings (SSSR count). The van der Waals surface area contributed by atoms with Crippen LogP contribution in [0, 0.1) is 12.8 Å². The molecule has 1 unspecified atom stereocenters. The molecule has 0 spiro atoms. The minimum absolute atomic E-state index is 0.107. The summed E-state index contributed by atoms with van der Waals surface area (Å²) >= 11 is 3.40. The summed E-state index contributed by atoms with van der Waals surface area (Å²) in [6.45, 7) is 4.95. The maximum atomic E-state index is 11.7. The molecule has 0 saturated heterocycles. The largest absolute Gasteiger partial charge is 0.356 e. The zero-order valence-electron chi connectivity index (χ0n) is 10.5. The summed E-state index contributed by atoms with van der Waals surface area (Å²) < 4.78 is 0. The third-order valence-corrected chi connectivity index (χ3v) is 3.19. The second kappa shape index (κ2) is 7.49. The lowest BCUT2D eigenvalue weighted by molar-refractivity contribution is -0.120. The summed E-state index contributed by atoms with van der Waals surface area (Å²) in [5.41, 5.74) is 2.29. The highest BCUT2D eigenvalue weighted by molar-refractivity contribution is 9.09. The average molecular weight is 298 g/mol. The number of hydrogen-bond donors (Lipinski definition) is 1. The minimum Gasteiger partial charge on any atom is -0.356 e. The van der Waals surface area contributed by atoms with Crippen molar-refractivity contribution in [2.75, 3.05) is 11.9 Å². The van der Waals surface area contributed by atoms with Crippen molar-refractivity contribution in [1.82, 2.24) is 5.32 Å². The number of carbonyl (C=O) groups excluding carboxylic acids is 1. The normalized spacial score (nSPS) is 12.2. The van der Waals surface area contributed by atoms with E-state index in [1.165, 1.54) is 5.56 Å². The summed E-state index contributed by atoms with van der Waals surface area (Å²) in [5.74, 6) is 0.631. The predicted molar refractivity (Wildman–Crippen MR) is 75.5 cm³/mol. The van der Waals surface area contributed by atoms with Crippen LogP contribution in [0.15, 0.2) is 24.3 Å². The van der Waals surface area contributed by atoms with Crippen molar-refractivity contribution in [2.24, 2.45) is 5.92 Å². The van der Waals surface area contributed by atoms with Gasteiger partial charge in [0, 0.05) is 11.9 Å². The fourth-order valence-electron chi connectivity index (χ4n) is 1.53. The molecule has 0 heterocycles. The van der Waals surface area contributed by atoms with Crippen molar-refractivity contribution in [3.63, 3.8) is 0 Å². The van der Waals surface area contributed by atoms with Crippen LogP contribution in [0.1, 0.15) is 24.5 Å². The topological polar surface area (TPSA) is 29.1 Å². The summed E-state index contributed by atoms with van der Waals surface area (Å²) in [6.07, 6.45) is 1.56. The molecule has 0 fully saturated rings. The molecule has 0 saturated carbocycles. The molecule has 1 aromatic rings. The molecule has 1 amide bonds. The molecular formula is C14H20BrNO. The maximum Gasteiger partial charge on any atom is 0.224 e. The van der Waals surface area contributed by atoms with Gasteiger partial charge in [-0.05, 0) is 24.8 Å². The van der Waals surface area contributed by atoms with Gasteiger partial charge in [0.25, 0.3) is 0 Å². The number of nitrogens with one attached hydrogen (secondary N) is 1. The van der Waals surface area contributed by atoms with E-state index in [4.69, 9.17) is 0 Å². The highest BCUT2D eigenvalue weighted by atomic mass is 79.9. The molecule has 0 aromatic heterocycles. The van der Waals surface area contributed by atoms with Gasteiger partial charge < -0.3 is 5.32 Å². The van der Waals surface area contributed by atoms with Gasteiger partial charge in [-0.3, -0.25) is 4.79 Å². The van der Waals surface area contributed by atoms with Crippen LogP contribution in [0.4, 0.5) is 0 Å². The van der Waals surface area contributed by atoms with Gasteiger partial charge in [-0.15, -0.1) is 0 Å².